The van der Waals surface area contributed by atoms with E-state index in [1.54, 1.807) is 12.1 Å². The molecule has 1 amide bonds. The van der Waals surface area contributed by atoms with E-state index in [9.17, 15) is 13.2 Å². The summed E-state index contributed by atoms with van der Waals surface area (Å²) in [5.74, 6) is 0.418. The standard InChI is InChI=1S/C23H36N4O5S/c1-19-2-4-21(5-3-19)33(29,30)27-9-7-25(8-10-27)17-23(28)24-16-22(20-6-13-32-18-20)26-11-14-31-15-12-26/h2-5,20,22H,6-18H2,1H3,(H,24,28). The summed E-state index contributed by atoms with van der Waals surface area (Å²) < 4.78 is 38.4. The van der Waals surface area contributed by atoms with E-state index >= 15 is 0 Å². The molecule has 1 aromatic rings. The molecule has 3 saturated heterocycles. The molecule has 3 aliphatic rings. The van der Waals surface area contributed by atoms with E-state index in [4.69, 9.17) is 9.47 Å². The molecule has 2 unspecified atom stereocenters. The maximum atomic E-state index is 12.9. The smallest absolute Gasteiger partial charge is 0.243 e. The average Bonchev–Trinajstić information content (AvgIpc) is 3.35. The third-order valence-corrected chi connectivity index (χ3v) is 8.80. The molecular weight excluding hydrogens is 444 g/mol. The fraction of sp³-hybridized carbons (Fsp3) is 0.696. The molecule has 10 heteroatoms. The summed E-state index contributed by atoms with van der Waals surface area (Å²) in [6, 6.07) is 7.21. The lowest BCUT2D eigenvalue weighted by Crippen LogP contribution is -2.54. The summed E-state index contributed by atoms with van der Waals surface area (Å²) >= 11 is 0. The number of rotatable bonds is 8. The van der Waals surface area contributed by atoms with E-state index in [0.717, 1.165) is 51.5 Å². The third kappa shape index (κ3) is 6.32. The van der Waals surface area contributed by atoms with Crippen molar-refractivity contribution >= 4 is 15.9 Å². The number of hydrogen-bond donors (Lipinski definition) is 1. The van der Waals surface area contributed by atoms with Crippen molar-refractivity contribution in [1.29, 1.82) is 0 Å². The van der Waals surface area contributed by atoms with Crippen LogP contribution in [-0.2, 0) is 24.3 Å². The molecule has 33 heavy (non-hydrogen) atoms. The zero-order chi connectivity index (χ0) is 23.3. The minimum Gasteiger partial charge on any atom is -0.381 e. The van der Waals surface area contributed by atoms with Gasteiger partial charge in [0.2, 0.25) is 15.9 Å². The van der Waals surface area contributed by atoms with Crippen molar-refractivity contribution in [3.8, 4) is 0 Å². The van der Waals surface area contributed by atoms with Gasteiger partial charge in [-0.15, -0.1) is 0 Å². The van der Waals surface area contributed by atoms with Gasteiger partial charge in [-0.1, -0.05) is 17.7 Å². The van der Waals surface area contributed by atoms with Gasteiger partial charge >= 0.3 is 0 Å². The van der Waals surface area contributed by atoms with Gasteiger partial charge in [0, 0.05) is 64.4 Å². The Morgan fingerprint density at radius 3 is 2.36 bits per heavy atom. The number of morpholine rings is 1. The molecule has 0 saturated carbocycles. The molecule has 3 aliphatic heterocycles. The van der Waals surface area contributed by atoms with E-state index in [-0.39, 0.29) is 18.5 Å². The summed E-state index contributed by atoms with van der Waals surface area (Å²) in [6.07, 6.45) is 1.02. The summed E-state index contributed by atoms with van der Waals surface area (Å²) in [5.41, 5.74) is 1.03. The Hall–Kier alpha value is -1.56. The van der Waals surface area contributed by atoms with E-state index in [1.165, 1.54) is 4.31 Å². The number of piperazine rings is 1. The lowest BCUT2D eigenvalue weighted by molar-refractivity contribution is -0.123. The molecule has 1 aromatic carbocycles. The third-order valence-electron chi connectivity index (χ3n) is 6.89. The monoisotopic (exact) mass is 480 g/mol. The number of benzene rings is 1. The van der Waals surface area contributed by atoms with Crippen molar-refractivity contribution in [2.75, 3.05) is 78.8 Å². The molecule has 4 rings (SSSR count). The maximum absolute atomic E-state index is 12.9. The van der Waals surface area contributed by atoms with Gasteiger partial charge in [-0.25, -0.2) is 8.42 Å². The molecule has 184 valence electrons. The number of aryl methyl sites for hydroxylation is 1. The number of carbonyl (C=O) groups is 1. The highest BCUT2D eigenvalue weighted by Crippen LogP contribution is 2.22. The second kappa shape index (κ2) is 11.2. The predicted octanol–water partition coefficient (Wildman–Crippen LogP) is 0.155. The van der Waals surface area contributed by atoms with Crippen LogP contribution in [0.25, 0.3) is 0 Å². The number of nitrogens with one attached hydrogen (secondary N) is 1. The molecule has 0 radical (unpaired) electrons. The summed E-state index contributed by atoms with van der Waals surface area (Å²) in [5, 5.41) is 3.13. The molecule has 3 heterocycles. The largest absolute Gasteiger partial charge is 0.381 e. The number of carbonyl (C=O) groups excluding carboxylic acids is 1. The predicted molar refractivity (Wildman–Crippen MR) is 124 cm³/mol. The van der Waals surface area contributed by atoms with Crippen molar-refractivity contribution in [3.63, 3.8) is 0 Å². The summed E-state index contributed by atoms with van der Waals surface area (Å²) in [6.45, 7) is 9.45. The molecule has 2 atom stereocenters. The minimum atomic E-state index is -3.50. The Kier molecular flexibility index (Phi) is 8.37. The van der Waals surface area contributed by atoms with Crippen molar-refractivity contribution in [2.45, 2.75) is 24.3 Å². The van der Waals surface area contributed by atoms with Crippen molar-refractivity contribution in [3.05, 3.63) is 29.8 Å². The van der Waals surface area contributed by atoms with Gasteiger partial charge in [-0.2, -0.15) is 4.31 Å². The normalized spacial score (nSPS) is 24.6. The van der Waals surface area contributed by atoms with Crippen LogP contribution in [0.3, 0.4) is 0 Å². The minimum absolute atomic E-state index is 0.0120. The first-order valence-corrected chi connectivity index (χ1v) is 13.3. The molecule has 3 fully saturated rings. The van der Waals surface area contributed by atoms with E-state index < -0.39 is 10.0 Å². The quantitative estimate of drug-likeness (QED) is 0.567. The molecule has 0 aliphatic carbocycles. The topological polar surface area (TPSA) is 91.4 Å². The first-order valence-electron chi connectivity index (χ1n) is 11.9. The Morgan fingerprint density at radius 2 is 1.73 bits per heavy atom. The highest BCUT2D eigenvalue weighted by molar-refractivity contribution is 7.89. The summed E-state index contributed by atoms with van der Waals surface area (Å²) in [4.78, 5) is 17.5. The molecule has 0 spiro atoms. The Morgan fingerprint density at radius 1 is 1.03 bits per heavy atom. The maximum Gasteiger partial charge on any atom is 0.243 e. The lowest BCUT2D eigenvalue weighted by Gasteiger charge is -2.38. The first-order chi connectivity index (χ1) is 15.9. The SMILES string of the molecule is Cc1ccc(S(=O)(=O)N2CCN(CC(=O)NCC(C3CCOC3)N3CCOCC3)CC2)cc1. The zero-order valence-corrected chi connectivity index (χ0v) is 20.3. The second-order valence-corrected chi connectivity index (χ2v) is 11.1. The average molecular weight is 481 g/mol. The Labute approximate surface area is 197 Å². The number of nitrogens with zero attached hydrogens (tertiary/aromatic N) is 3. The van der Waals surface area contributed by atoms with Crippen LogP contribution in [0.2, 0.25) is 0 Å². The zero-order valence-electron chi connectivity index (χ0n) is 19.4. The first kappa shape index (κ1) is 24.6. The fourth-order valence-electron chi connectivity index (χ4n) is 4.82. The molecule has 0 bridgehead atoms. The van der Waals surface area contributed by atoms with Crippen molar-refractivity contribution < 1.29 is 22.7 Å². The van der Waals surface area contributed by atoms with E-state index in [1.807, 2.05) is 24.0 Å². The van der Waals surface area contributed by atoms with Crippen LogP contribution in [0, 0.1) is 12.8 Å². The van der Waals surface area contributed by atoms with Gasteiger partial charge < -0.3 is 14.8 Å². The number of sulfonamides is 1. The van der Waals surface area contributed by atoms with Gasteiger partial charge in [0.25, 0.3) is 0 Å². The Balaban J connectivity index is 1.25. The van der Waals surface area contributed by atoms with Crippen LogP contribution < -0.4 is 5.32 Å². The highest BCUT2D eigenvalue weighted by atomic mass is 32.2. The molecular formula is C23H36N4O5S. The summed E-state index contributed by atoms with van der Waals surface area (Å²) in [7, 11) is -3.50. The number of ether oxygens (including phenoxy) is 2. The fourth-order valence-corrected chi connectivity index (χ4v) is 6.25. The highest BCUT2D eigenvalue weighted by Gasteiger charge is 2.32. The number of hydrogen-bond acceptors (Lipinski definition) is 7. The molecule has 9 nitrogen and oxygen atoms in total. The lowest BCUT2D eigenvalue weighted by atomic mass is 9.97. The van der Waals surface area contributed by atoms with Crippen LogP contribution >= 0.6 is 0 Å². The Bertz CT molecular complexity index is 875. The van der Waals surface area contributed by atoms with Gasteiger partial charge in [0.05, 0.1) is 31.3 Å². The van der Waals surface area contributed by atoms with Gasteiger partial charge in [-0.05, 0) is 25.5 Å². The second-order valence-electron chi connectivity index (χ2n) is 9.14. The van der Waals surface area contributed by atoms with Gasteiger partial charge in [0.15, 0.2) is 0 Å². The van der Waals surface area contributed by atoms with Gasteiger partial charge in [0.1, 0.15) is 0 Å². The van der Waals surface area contributed by atoms with Crippen molar-refractivity contribution in [1.82, 2.24) is 19.4 Å². The van der Waals surface area contributed by atoms with Gasteiger partial charge in [-0.3, -0.25) is 14.6 Å². The van der Waals surface area contributed by atoms with E-state index in [0.29, 0.717) is 43.5 Å². The van der Waals surface area contributed by atoms with Crippen LogP contribution in [0.1, 0.15) is 12.0 Å². The van der Waals surface area contributed by atoms with E-state index in [2.05, 4.69) is 10.2 Å². The molecule has 1 N–H and O–H groups in total. The van der Waals surface area contributed by atoms with Crippen LogP contribution in [0.5, 0.6) is 0 Å². The van der Waals surface area contributed by atoms with Crippen LogP contribution in [0.4, 0.5) is 0 Å². The van der Waals surface area contributed by atoms with Crippen molar-refractivity contribution in [2.24, 2.45) is 5.92 Å². The van der Waals surface area contributed by atoms with Crippen LogP contribution in [-0.4, -0.2) is 113 Å². The number of amides is 1. The van der Waals surface area contributed by atoms with Crippen LogP contribution in [0.15, 0.2) is 29.2 Å². The molecule has 0 aromatic heterocycles.